The maximum atomic E-state index is 6.60. The number of pyridine rings is 1. The van der Waals surface area contributed by atoms with Gasteiger partial charge in [0.2, 0.25) is 0 Å². The molecule has 152 valence electrons. The minimum absolute atomic E-state index is 0.480. The van der Waals surface area contributed by atoms with E-state index in [1.807, 2.05) is 25.1 Å². The fourth-order valence-corrected chi connectivity index (χ4v) is 5.56. The van der Waals surface area contributed by atoms with Crippen molar-refractivity contribution in [2.24, 2.45) is 0 Å². The predicted octanol–water partition coefficient (Wildman–Crippen LogP) is 6.84. The van der Waals surface area contributed by atoms with Crippen LogP contribution in [0.1, 0.15) is 22.4 Å². The molecule has 0 unspecified atom stereocenters. The van der Waals surface area contributed by atoms with Crippen LogP contribution in [-0.4, -0.2) is 14.8 Å². The number of halogens is 2. The molecule has 3 aromatic carbocycles. The van der Waals surface area contributed by atoms with Crippen molar-refractivity contribution in [1.29, 1.82) is 0 Å². The summed E-state index contributed by atoms with van der Waals surface area (Å²) in [6.45, 7) is 1.96. The largest absolute Gasteiger partial charge is 0.244 e. The van der Waals surface area contributed by atoms with E-state index in [2.05, 4.69) is 111 Å². The van der Waals surface area contributed by atoms with Gasteiger partial charge in [-0.25, -0.2) is 9.67 Å². The Morgan fingerprint density at radius 1 is 0.774 bits per heavy atom. The summed E-state index contributed by atoms with van der Waals surface area (Å²) in [5, 5.41) is 6.43. The fourth-order valence-electron chi connectivity index (χ4n) is 4.33. The zero-order chi connectivity index (χ0) is 21.4. The summed E-state index contributed by atoms with van der Waals surface area (Å²) < 4.78 is 2.95. The van der Waals surface area contributed by atoms with Gasteiger partial charge in [-0.1, -0.05) is 103 Å². The molecule has 0 fully saturated rings. The third kappa shape index (κ3) is 3.25. The van der Waals surface area contributed by atoms with Gasteiger partial charge in [0.1, 0.15) is 14.4 Å². The van der Waals surface area contributed by atoms with Gasteiger partial charge in [-0.2, -0.15) is 5.10 Å². The van der Waals surface area contributed by atoms with Crippen molar-refractivity contribution in [2.45, 2.75) is 12.5 Å². The van der Waals surface area contributed by atoms with E-state index >= 15 is 0 Å². The summed E-state index contributed by atoms with van der Waals surface area (Å²) in [4.78, 5) is 4.48. The van der Waals surface area contributed by atoms with Crippen molar-refractivity contribution >= 4 is 45.1 Å². The van der Waals surface area contributed by atoms with Gasteiger partial charge in [0.25, 0.3) is 0 Å². The van der Waals surface area contributed by atoms with E-state index in [9.17, 15) is 0 Å². The van der Waals surface area contributed by atoms with Crippen LogP contribution >= 0.6 is 34.2 Å². The SMILES string of the molecule is Cc1cc2c(c(Cl)n1)c(I)nn2C(c1ccccc1)(c1ccccc1)c1ccccc1. The van der Waals surface area contributed by atoms with Crippen LogP contribution in [0, 0.1) is 10.6 Å². The molecule has 0 aliphatic carbocycles. The molecule has 0 radical (unpaired) electrons. The molecule has 0 saturated carbocycles. The average molecular weight is 536 g/mol. The van der Waals surface area contributed by atoms with Crippen molar-refractivity contribution in [1.82, 2.24) is 14.8 Å². The van der Waals surface area contributed by atoms with Crippen molar-refractivity contribution < 1.29 is 0 Å². The second-order valence-corrected chi connectivity index (χ2v) is 8.84. The van der Waals surface area contributed by atoms with Gasteiger partial charge >= 0.3 is 0 Å². The number of nitrogens with zero attached hydrogens (tertiary/aromatic N) is 3. The quantitative estimate of drug-likeness (QED) is 0.143. The summed E-state index contributed by atoms with van der Waals surface area (Å²) in [7, 11) is 0. The molecule has 3 nitrogen and oxygen atoms in total. The topological polar surface area (TPSA) is 30.7 Å². The third-order valence-electron chi connectivity index (χ3n) is 5.60. The molecule has 5 heteroatoms. The van der Waals surface area contributed by atoms with E-state index in [4.69, 9.17) is 16.7 Å². The lowest BCUT2D eigenvalue weighted by Crippen LogP contribution is -2.38. The number of aromatic nitrogens is 3. The zero-order valence-electron chi connectivity index (χ0n) is 16.8. The predicted molar refractivity (Wildman–Crippen MR) is 135 cm³/mol. The zero-order valence-corrected chi connectivity index (χ0v) is 19.7. The number of benzene rings is 3. The fraction of sp³-hybridized carbons (Fsp3) is 0.0769. The van der Waals surface area contributed by atoms with Crippen LogP contribution in [0.2, 0.25) is 5.15 Å². The highest BCUT2D eigenvalue weighted by atomic mass is 127. The van der Waals surface area contributed by atoms with Crippen LogP contribution in [0.25, 0.3) is 10.9 Å². The van der Waals surface area contributed by atoms with Crippen molar-refractivity contribution in [2.75, 3.05) is 0 Å². The molecule has 0 bridgehead atoms. The average Bonchev–Trinajstić information content (AvgIpc) is 3.13. The van der Waals surface area contributed by atoms with Gasteiger partial charge in [-0.15, -0.1) is 0 Å². The van der Waals surface area contributed by atoms with Crippen LogP contribution in [0.3, 0.4) is 0 Å². The Morgan fingerprint density at radius 3 is 1.68 bits per heavy atom. The van der Waals surface area contributed by atoms with Crippen molar-refractivity contribution in [3.05, 3.63) is 128 Å². The van der Waals surface area contributed by atoms with E-state index < -0.39 is 5.54 Å². The lowest BCUT2D eigenvalue weighted by Gasteiger charge is -2.37. The minimum atomic E-state index is -0.678. The summed E-state index contributed by atoms with van der Waals surface area (Å²) in [5.74, 6) is 0. The molecule has 0 spiro atoms. The van der Waals surface area contributed by atoms with Gasteiger partial charge in [0.05, 0.1) is 10.9 Å². The molecule has 2 heterocycles. The smallest absolute Gasteiger partial charge is 0.141 e. The second-order valence-electron chi connectivity index (χ2n) is 7.46. The van der Waals surface area contributed by atoms with E-state index in [0.717, 1.165) is 37.0 Å². The molecule has 0 aliphatic rings. The van der Waals surface area contributed by atoms with Gasteiger partial charge in [-0.3, -0.25) is 0 Å². The Hall–Kier alpha value is -2.70. The first kappa shape index (κ1) is 20.2. The van der Waals surface area contributed by atoms with E-state index in [-0.39, 0.29) is 0 Å². The molecular weight excluding hydrogens is 517 g/mol. The van der Waals surface area contributed by atoms with Crippen LogP contribution in [0.15, 0.2) is 97.1 Å². The summed E-state index contributed by atoms with van der Waals surface area (Å²) in [6, 6.07) is 33.6. The molecule has 5 aromatic rings. The third-order valence-corrected chi connectivity index (χ3v) is 6.63. The first-order chi connectivity index (χ1) is 15.1. The number of aryl methyl sites for hydroxylation is 1. The van der Waals surface area contributed by atoms with E-state index in [1.54, 1.807) is 0 Å². The van der Waals surface area contributed by atoms with Gasteiger partial charge in [-0.05, 0) is 52.3 Å². The first-order valence-corrected chi connectivity index (χ1v) is 11.5. The summed E-state index contributed by atoms with van der Waals surface area (Å²) in [5.41, 5.74) is 4.51. The van der Waals surface area contributed by atoms with Gasteiger partial charge in [0.15, 0.2) is 0 Å². The molecule has 0 amide bonds. The van der Waals surface area contributed by atoms with Crippen LogP contribution in [-0.2, 0) is 5.54 Å². The van der Waals surface area contributed by atoms with E-state index in [0.29, 0.717) is 5.15 Å². The lowest BCUT2D eigenvalue weighted by atomic mass is 9.77. The number of fused-ring (bicyclic) bond motifs is 1. The van der Waals surface area contributed by atoms with E-state index in [1.165, 1.54) is 0 Å². The molecule has 2 aromatic heterocycles. The highest BCUT2D eigenvalue weighted by Crippen LogP contribution is 2.43. The normalized spacial score (nSPS) is 11.7. The van der Waals surface area contributed by atoms with Crippen molar-refractivity contribution in [3.63, 3.8) is 0 Å². The molecule has 0 atom stereocenters. The summed E-state index contributed by atoms with van der Waals surface area (Å²) >= 11 is 8.86. The minimum Gasteiger partial charge on any atom is -0.244 e. The highest BCUT2D eigenvalue weighted by Gasteiger charge is 2.41. The van der Waals surface area contributed by atoms with Crippen LogP contribution in [0.4, 0.5) is 0 Å². The van der Waals surface area contributed by atoms with Crippen molar-refractivity contribution in [3.8, 4) is 0 Å². The summed E-state index contributed by atoms with van der Waals surface area (Å²) in [6.07, 6.45) is 0. The first-order valence-electron chi connectivity index (χ1n) is 10.0. The Bertz CT molecular complexity index is 1250. The van der Waals surface area contributed by atoms with Gasteiger partial charge < -0.3 is 0 Å². The van der Waals surface area contributed by atoms with Crippen LogP contribution < -0.4 is 0 Å². The van der Waals surface area contributed by atoms with Gasteiger partial charge in [0, 0.05) is 5.69 Å². The second kappa shape index (κ2) is 8.09. The molecule has 5 rings (SSSR count). The monoisotopic (exact) mass is 535 g/mol. The number of hydrogen-bond donors (Lipinski definition) is 0. The Labute approximate surface area is 199 Å². The molecule has 31 heavy (non-hydrogen) atoms. The Morgan fingerprint density at radius 2 is 1.23 bits per heavy atom. The maximum absolute atomic E-state index is 6.60. The van der Waals surface area contributed by atoms with Crippen LogP contribution in [0.5, 0.6) is 0 Å². The molecule has 0 saturated heterocycles. The maximum Gasteiger partial charge on any atom is 0.141 e. The highest BCUT2D eigenvalue weighted by molar-refractivity contribution is 14.1. The molecule has 0 N–H and O–H groups in total. The number of hydrogen-bond acceptors (Lipinski definition) is 2. The molecular formula is C26H19ClIN3. The number of rotatable bonds is 4. The Kier molecular flexibility index (Phi) is 5.28. The standard InChI is InChI=1S/C26H19ClIN3/c1-18-17-22-23(24(27)29-18)25(28)30-31(22)26(19-11-5-2-6-12-19,20-13-7-3-8-14-20)21-15-9-4-10-16-21/h2-17H,1H3. The molecule has 0 aliphatic heterocycles. The lowest BCUT2D eigenvalue weighted by molar-refractivity contribution is 0.473. The Balaban J connectivity index is 2.01.